The van der Waals surface area contributed by atoms with Crippen molar-refractivity contribution in [1.29, 1.82) is 0 Å². The highest BCUT2D eigenvalue weighted by Gasteiger charge is 2.23. The highest BCUT2D eigenvalue weighted by molar-refractivity contribution is 7.80. The Bertz CT molecular complexity index is 635. The van der Waals surface area contributed by atoms with E-state index in [1.54, 1.807) is 0 Å². The fraction of sp³-hybridized carbons (Fsp3) is 0.368. The predicted octanol–water partition coefficient (Wildman–Crippen LogP) is 4.43. The van der Waals surface area contributed by atoms with Crippen LogP contribution in [0.2, 0.25) is 0 Å². The number of thiocarbonyl (C=S) groups is 1. The maximum atomic E-state index is 5.39. The zero-order chi connectivity index (χ0) is 16.9. The third-order valence-electron chi connectivity index (χ3n) is 3.90. The molecule has 0 aliphatic rings. The first-order valence-electron chi connectivity index (χ1n) is 7.92. The highest BCUT2D eigenvalue weighted by atomic mass is 32.1. The first-order valence-corrected chi connectivity index (χ1v) is 8.33. The molecule has 0 amide bonds. The van der Waals surface area contributed by atoms with Crippen LogP contribution in [-0.2, 0) is 5.41 Å². The molecule has 4 heteroatoms. The van der Waals surface area contributed by atoms with E-state index in [2.05, 4.69) is 66.7 Å². The fourth-order valence-corrected chi connectivity index (χ4v) is 3.05. The Morgan fingerprint density at radius 1 is 1.17 bits per heavy atom. The van der Waals surface area contributed by atoms with Crippen molar-refractivity contribution >= 4 is 23.1 Å². The van der Waals surface area contributed by atoms with Gasteiger partial charge in [0.2, 0.25) is 0 Å². The minimum atomic E-state index is 0.0887. The van der Waals surface area contributed by atoms with Gasteiger partial charge in [0.25, 0.3) is 0 Å². The smallest absolute Gasteiger partial charge is 0.172 e. The van der Waals surface area contributed by atoms with Crippen molar-refractivity contribution in [2.45, 2.75) is 45.6 Å². The van der Waals surface area contributed by atoms with Crippen molar-refractivity contribution in [3.05, 3.63) is 59.8 Å². The monoisotopic (exact) mass is 327 g/mol. The molecule has 3 nitrogen and oxygen atoms in total. The summed E-state index contributed by atoms with van der Waals surface area (Å²) in [6.07, 6.45) is 2.81. The van der Waals surface area contributed by atoms with Crippen LogP contribution in [0, 0.1) is 6.92 Å². The van der Waals surface area contributed by atoms with Crippen LogP contribution in [0.15, 0.2) is 48.7 Å². The summed E-state index contributed by atoms with van der Waals surface area (Å²) in [5.74, 6) is 0.766. The predicted molar refractivity (Wildman–Crippen MR) is 102 cm³/mol. The Balaban J connectivity index is 1.89. The summed E-state index contributed by atoms with van der Waals surface area (Å²) in [5.41, 5.74) is 2.56. The average molecular weight is 327 g/mol. The minimum absolute atomic E-state index is 0.0887. The molecule has 1 aromatic carbocycles. The number of benzene rings is 1. The second-order valence-electron chi connectivity index (χ2n) is 6.67. The molecule has 2 aromatic rings. The summed E-state index contributed by atoms with van der Waals surface area (Å²) in [4.78, 5) is 4.31. The number of nitrogens with one attached hydrogen (secondary N) is 2. The van der Waals surface area contributed by atoms with Crippen LogP contribution in [0.3, 0.4) is 0 Å². The van der Waals surface area contributed by atoms with E-state index >= 15 is 0 Å². The van der Waals surface area contributed by atoms with Gasteiger partial charge in [0.15, 0.2) is 5.11 Å². The van der Waals surface area contributed by atoms with Crippen molar-refractivity contribution in [2.24, 2.45) is 0 Å². The third-order valence-corrected chi connectivity index (χ3v) is 4.12. The molecular formula is C19H25N3S. The van der Waals surface area contributed by atoms with Gasteiger partial charge in [-0.15, -0.1) is 0 Å². The minimum Gasteiger partial charge on any atom is -0.360 e. The largest absolute Gasteiger partial charge is 0.360 e. The molecule has 0 spiro atoms. The summed E-state index contributed by atoms with van der Waals surface area (Å²) >= 11 is 5.39. The fourth-order valence-electron chi connectivity index (χ4n) is 2.74. The van der Waals surface area contributed by atoms with E-state index in [1.165, 1.54) is 5.56 Å². The van der Waals surface area contributed by atoms with E-state index in [9.17, 15) is 0 Å². The molecule has 2 N–H and O–H groups in total. The summed E-state index contributed by atoms with van der Waals surface area (Å²) in [7, 11) is 0. The number of pyridine rings is 1. The van der Waals surface area contributed by atoms with Gasteiger partial charge in [-0.1, -0.05) is 50.2 Å². The molecule has 23 heavy (non-hydrogen) atoms. The molecule has 0 aliphatic heterocycles. The van der Waals surface area contributed by atoms with Crippen molar-refractivity contribution in [2.75, 3.05) is 5.32 Å². The molecule has 1 heterocycles. The lowest BCUT2D eigenvalue weighted by Gasteiger charge is -2.29. The summed E-state index contributed by atoms with van der Waals surface area (Å²) in [5, 5.41) is 7.09. The molecule has 1 atom stereocenters. The van der Waals surface area contributed by atoms with Gasteiger partial charge in [-0.05, 0) is 55.1 Å². The van der Waals surface area contributed by atoms with E-state index in [0.717, 1.165) is 17.8 Å². The van der Waals surface area contributed by atoms with E-state index in [0.29, 0.717) is 5.11 Å². The zero-order valence-corrected chi connectivity index (χ0v) is 15.1. The molecule has 0 radical (unpaired) electrons. The van der Waals surface area contributed by atoms with Gasteiger partial charge in [0.05, 0.1) is 0 Å². The van der Waals surface area contributed by atoms with Crippen molar-refractivity contribution < 1.29 is 0 Å². The second kappa shape index (κ2) is 7.55. The van der Waals surface area contributed by atoms with Crippen LogP contribution in [-0.4, -0.2) is 16.1 Å². The van der Waals surface area contributed by atoms with E-state index in [1.807, 2.05) is 25.3 Å². The van der Waals surface area contributed by atoms with Crippen LogP contribution < -0.4 is 10.6 Å². The molecule has 2 rings (SSSR count). The summed E-state index contributed by atoms with van der Waals surface area (Å²) in [6.45, 7) is 8.69. The normalized spacial score (nSPS) is 12.5. The molecule has 0 saturated heterocycles. The Labute approximate surface area is 144 Å². The quantitative estimate of drug-likeness (QED) is 0.797. The molecule has 122 valence electrons. The maximum Gasteiger partial charge on any atom is 0.172 e. The maximum absolute atomic E-state index is 5.39. The number of aromatic nitrogens is 1. The molecule has 1 aromatic heterocycles. The van der Waals surface area contributed by atoms with Crippen molar-refractivity contribution in [3.63, 3.8) is 0 Å². The van der Waals surface area contributed by atoms with Gasteiger partial charge in [-0.2, -0.15) is 0 Å². The van der Waals surface area contributed by atoms with Crippen LogP contribution in [0.5, 0.6) is 0 Å². The zero-order valence-electron chi connectivity index (χ0n) is 14.3. The number of anilines is 1. The number of hydrogen-bond donors (Lipinski definition) is 2. The Morgan fingerprint density at radius 2 is 1.87 bits per heavy atom. The van der Waals surface area contributed by atoms with Crippen LogP contribution in [0.1, 0.15) is 38.3 Å². The second-order valence-corrected chi connectivity index (χ2v) is 7.08. The van der Waals surface area contributed by atoms with Gasteiger partial charge >= 0.3 is 0 Å². The summed E-state index contributed by atoms with van der Waals surface area (Å²) < 4.78 is 0. The Kier molecular flexibility index (Phi) is 5.72. The van der Waals surface area contributed by atoms with Crippen molar-refractivity contribution in [1.82, 2.24) is 10.3 Å². The summed E-state index contributed by atoms with van der Waals surface area (Å²) in [6, 6.07) is 14.8. The van der Waals surface area contributed by atoms with Crippen LogP contribution >= 0.6 is 12.2 Å². The van der Waals surface area contributed by atoms with Gasteiger partial charge in [-0.25, -0.2) is 4.98 Å². The van der Waals surface area contributed by atoms with Crippen LogP contribution in [0.25, 0.3) is 0 Å². The number of hydrogen-bond acceptors (Lipinski definition) is 2. The van der Waals surface area contributed by atoms with E-state index < -0.39 is 0 Å². The lowest BCUT2D eigenvalue weighted by atomic mass is 9.79. The Morgan fingerprint density at radius 3 is 2.48 bits per heavy atom. The topological polar surface area (TPSA) is 37.0 Å². The van der Waals surface area contributed by atoms with Gasteiger partial charge in [0.1, 0.15) is 5.82 Å². The molecule has 0 unspecified atom stereocenters. The first kappa shape index (κ1) is 17.4. The SMILES string of the molecule is Cc1ccc(NC(=S)N[C@@H](C)CC(C)(C)c2ccccc2)nc1. The van der Waals surface area contributed by atoms with Gasteiger partial charge in [-0.3, -0.25) is 0 Å². The first-order chi connectivity index (χ1) is 10.9. The molecular weight excluding hydrogens is 302 g/mol. The number of nitrogens with zero attached hydrogens (tertiary/aromatic N) is 1. The molecule has 0 saturated carbocycles. The molecule has 0 aliphatic carbocycles. The van der Waals surface area contributed by atoms with Crippen molar-refractivity contribution in [3.8, 4) is 0 Å². The highest BCUT2D eigenvalue weighted by Crippen LogP contribution is 2.28. The lowest BCUT2D eigenvalue weighted by Crippen LogP contribution is -2.39. The number of rotatable bonds is 5. The standard InChI is InChI=1S/C19H25N3S/c1-14-10-11-17(20-13-14)22-18(23)21-15(2)12-19(3,4)16-8-6-5-7-9-16/h5-11,13,15H,12H2,1-4H3,(H2,20,21,22,23)/t15-/m0/s1. The lowest BCUT2D eigenvalue weighted by molar-refractivity contribution is 0.420. The van der Waals surface area contributed by atoms with Gasteiger partial charge in [0, 0.05) is 12.2 Å². The van der Waals surface area contributed by atoms with Crippen LogP contribution in [0.4, 0.5) is 5.82 Å². The average Bonchev–Trinajstić information content (AvgIpc) is 2.49. The molecule has 0 bridgehead atoms. The van der Waals surface area contributed by atoms with Gasteiger partial charge < -0.3 is 10.6 Å². The third kappa shape index (κ3) is 5.32. The Hall–Kier alpha value is -1.94. The van der Waals surface area contributed by atoms with E-state index in [-0.39, 0.29) is 11.5 Å². The molecule has 0 fully saturated rings. The van der Waals surface area contributed by atoms with E-state index in [4.69, 9.17) is 12.2 Å². The number of aryl methyl sites for hydroxylation is 1.